The summed E-state index contributed by atoms with van der Waals surface area (Å²) in [6.07, 6.45) is 6.59. The van der Waals surface area contributed by atoms with Gasteiger partial charge >= 0.3 is 0 Å². The van der Waals surface area contributed by atoms with Crippen molar-refractivity contribution in [3.05, 3.63) is 83.3 Å². The SMILES string of the molecule is C=CC(=O)Cc1cccc(CNc2nc(Nc3ccc(N4CCCCC4)cc3F)ncc2Cl)c1. The number of benzene rings is 2. The molecule has 176 valence electrons. The van der Waals surface area contributed by atoms with Gasteiger partial charge < -0.3 is 15.5 Å². The number of ketones is 1. The number of nitrogens with one attached hydrogen (secondary N) is 2. The lowest BCUT2D eigenvalue weighted by Gasteiger charge is -2.29. The lowest BCUT2D eigenvalue weighted by molar-refractivity contribution is -0.114. The molecule has 8 heteroatoms. The Kier molecular flexibility index (Phi) is 7.75. The number of carbonyl (C=O) groups excluding carboxylic acids is 1. The van der Waals surface area contributed by atoms with E-state index in [9.17, 15) is 9.18 Å². The van der Waals surface area contributed by atoms with Crippen molar-refractivity contribution in [1.29, 1.82) is 0 Å². The number of rotatable bonds is 9. The predicted molar refractivity (Wildman–Crippen MR) is 135 cm³/mol. The van der Waals surface area contributed by atoms with Gasteiger partial charge in [-0.2, -0.15) is 4.98 Å². The van der Waals surface area contributed by atoms with Crippen molar-refractivity contribution >= 4 is 40.5 Å². The Balaban J connectivity index is 1.43. The third kappa shape index (κ3) is 6.11. The van der Waals surface area contributed by atoms with Crippen molar-refractivity contribution in [2.24, 2.45) is 0 Å². The fraction of sp³-hybridized carbons (Fsp3) is 0.269. The quantitative estimate of drug-likeness (QED) is 0.372. The van der Waals surface area contributed by atoms with E-state index in [4.69, 9.17) is 11.6 Å². The summed E-state index contributed by atoms with van der Waals surface area (Å²) in [5.41, 5.74) is 3.06. The maximum atomic E-state index is 14.8. The molecule has 1 aromatic heterocycles. The molecule has 0 aliphatic carbocycles. The van der Waals surface area contributed by atoms with Crippen LogP contribution in [0.5, 0.6) is 0 Å². The largest absolute Gasteiger partial charge is 0.371 e. The van der Waals surface area contributed by atoms with E-state index in [2.05, 4.69) is 32.1 Å². The first-order valence-electron chi connectivity index (χ1n) is 11.3. The molecule has 2 aromatic carbocycles. The summed E-state index contributed by atoms with van der Waals surface area (Å²) in [6, 6.07) is 12.9. The zero-order valence-corrected chi connectivity index (χ0v) is 19.6. The van der Waals surface area contributed by atoms with Crippen molar-refractivity contribution < 1.29 is 9.18 Å². The second-order valence-electron chi connectivity index (χ2n) is 8.25. The van der Waals surface area contributed by atoms with Gasteiger partial charge in [0.05, 0.1) is 11.9 Å². The molecule has 34 heavy (non-hydrogen) atoms. The fourth-order valence-corrected chi connectivity index (χ4v) is 4.09. The summed E-state index contributed by atoms with van der Waals surface area (Å²) in [5.74, 6) is 0.275. The van der Waals surface area contributed by atoms with Gasteiger partial charge in [0.25, 0.3) is 0 Å². The van der Waals surface area contributed by atoms with Crippen molar-refractivity contribution in [3.63, 3.8) is 0 Å². The monoisotopic (exact) mass is 479 g/mol. The summed E-state index contributed by atoms with van der Waals surface area (Å²) in [7, 11) is 0. The van der Waals surface area contributed by atoms with E-state index in [0.717, 1.165) is 42.7 Å². The molecule has 0 saturated carbocycles. The highest BCUT2D eigenvalue weighted by Gasteiger charge is 2.14. The first-order valence-corrected chi connectivity index (χ1v) is 11.7. The van der Waals surface area contributed by atoms with Crippen LogP contribution in [0.2, 0.25) is 5.02 Å². The fourth-order valence-electron chi connectivity index (χ4n) is 3.93. The van der Waals surface area contributed by atoms with Crippen molar-refractivity contribution in [1.82, 2.24) is 9.97 Å². The van der Waals surface area contributed by atoms with Gasteiger partial charge in [-0.25, -0.2) is 9.37 Å². The highest BCUT2D eigenvalue weighted by atomic mass is 35.5. The molecule has 6 nitrogen and oxygen atoms in total. The van der Waals surface area contributed by atoms with Gasteiger partial charge in [0, 0.05) is 31.7 Å². The number of allylic oxidation sites excluding steroid dienone is 1. The Bertz CT molecular complexity index is 1180. The minimum absolute atomic E-state index is 0.0316. The molecule has 1 saturated heterocycles. The molecule has 0 amide bonds. The minimum atomic E-state index is -0.359. The van der Waals surface area contributed by atoms with E-state index in [1.807, 2.05) is 30.3 Å². The normalized spacial score (nSPS) is 13.4. The standard InChI is InChI=1S/C26H27ClFN5O/c1-2-21(34)14-18-7-6-8-19(13-18)16-29-25-22(27)17-30-26(32-25)31-24-10-9-20(15-23(24)28)33-11-4-3-5-12-33/h2,6-10,13,15,17H,1,3-5,11-12,14,16H2,(H2,29,30,31,32). The summed E-state index contributed by atoms with van der Waals surface area (Å²) < 4.78 is 14.8. The van der Waals surface area contributed by atoms with Crippen LogP contribution in [0, 0.1) is 5.82 Å². The van der Waals surface area contributed by atoms with Crippen LogP contribution in [0.15, 0.2) is 61.3 Å². The molecule has 1 fully saturated rings. The molecular weight excluding hydrogens is 453 g/mol. The van der Waals surface area contributed by atoms with Gasteiger partial charge in [-0.15, -0.1) is 0 Å². The second kappa shape index (κ2) is 11.1. The maximum Gasteiger partial charge on any atom is 0.229 e. The molecule has 0 bridgehead atoms. The van der Waals surface area contributed by atoms with Gasteiger partial charge in [-0.1, -0.05) is 42.4 Å². The number of anilines is 4. The maximum absolute atomic E-state index is 14.8. The van der Waals surface area contributed by atoms with E-state index < -0.39 is 0 Å². The van der Waals surface area contributed by atoms with E-state index >= 15 is 0 Å². The molecule has 2 heterocycles. The van der Waals surface area contributed by atoms with E-state index in [1.54, 1.807) is 12.1 Å². The Morgan fingerprint density at radius 2 is 1.94 bits per heavy atom. The molecule has 0 unspecified atom stereocenters. The van der Waals surface area contributed by atoms with Crippen LogP contribution in [0.3, 0.4) is 0 Å². The van der Waals surface area contributed by atoms with E-state index in [0.29, 0.717) is 29.5 Å². The van der Waals surface area contributed by atoms with Crippen molar-refractivity contribution in [2.45, 2.75) is 32.2 Å². The van der Waals surface area contributed by atoms with Crippen LogP contribution >= 0.6 is 11.6 Å². The van der Waals surface area contributed by atoms with Gasteiger partial charge in [0.1, 0.15) is 10.8 Å². The minimum Gasteiger partial charge on any atom is -0.371 e. The molecular formula is C26H27ClFN5O. The van der Waals surface area contributed by atoms with Gasteiger partial charge in [-0.3, -0.25) is 4.79 Å². The van der Waals surface area contributed by atoms with Crippen molar-refractivity contribution in [3.8, 4) is 0 Å². The third-order valence-corrected chi connectivity index (χ3v) is 6.00. The van der Waals surface area contributed by atoms with Gasteiger partial charge in [0.2, 0.25) is 5.95 Å². The van der Waals surface area contributed by atoms with Crippen LogP contribution < -0.4 is 15.5 Å². The third-order valence-electron chi connectivity index (χ3n) is 5.72. The highest BCUT2D eigenvalue weighted by molar-refractivity contribution is 6.32. The molecule has 0 atom stereocenters. The van der Waals surface area contributed by atoms with Crippen LogP contribution in [0.1, 0.15) is 30.4 Å². The van der Waals surface area contributed by atoms with Crippen LogP contribution in [0.25, 0.3) is 0 Å². The van der Waals surface area contributed by atoms with Crippen LogP contribution in [-0.2, 0) is 17.8 Å². The molecule has 2 N–H and O–H groups in total. The zero-order chi connectivity index (χ0) is 23.9. The second-order valence-corrected chi connectivity index (χ2v) is 8.65. The number of piperidine rings is 1. The van der Waals surface area contributed by atoms with Gasteiger partial charge in [0.15, 0.2) is 11.6 Å². The van der Waals surface area contributed by atoms with Gasteiger partial charge in [-0.05, 0) is 54.7 Å². The average molecular weight is 480 g/mol. The summed E-state index contributed by atoms with van der Waals surface area (Å²) in [5, 5.41) is 6.48. The van der Waals surface area contributed by atoms with E-state index in [1.165, 1.54) is 18.7 Å². The van der Waals surface area contributed by atoms with E-state index in [-0.39, 0.29) is 17.5 Å². The summed E-state index contributed by atoms with van der Waals surface area (Å²) in [4.78, 5) is 22.4. The number of halogens is 2. The Hall–Kier alpha value is -3.45. The average Bonchev–Trinajstić information content (AvgIpc) is 2.86. The topological polar surface area (TPSA) is 70.2 Å². The van der Waals surface area contributed by atoms with Crippen molar-refractivity contribution in [2.75, 3.05) is 28.6 Å². The molecule has 0 radical (unpaired) electrons. The highest BCUT2D eigenvalue weighted by Crippen LogP contribution is 2.27. The first kappa shape index (κ1) is 23.7. The Morgan fingerprint density at radius 3 is 2.71 bits per heavy atom. The molecule has 0 spiro atoms. The summed E-state index contributed by atoms with van der Waals surface area (Å²) >= 11 is 6.27. The number of hydrogen-bond acceptors (Lipinski definition) is 6. The lowest BCUT2D eigenvalue weighted by Crippen LogP contribution is -2.29. The molecule has 1 aliphatic rings. The molecule has 4 rings (SSSR count). The Morgan fingerprint density at radius 1 is 1.15 bits per heavy atom. The summed E-state index contributed by atoms with van der Waals surface area (Å²) in [6.45, 7) is 5.87. The van der Waals surface area contributed by atoms with Crippen LogP contribution in [-0.4, -0.2) is 28.8 Å². The van der Waals surface area contributed by atoms with Crippen LogP contribution in [0.4, 0.5) is 27.5 Å². The number of nitrogens with zero attached hydrogens (tertiary/aromatic N) is 3. The molecule has 1 aliphatic heterocycles. The zero-order valence-electron chi connectivity index (χ0n) is 18.9. The number of hydrogen-bond donors (Lipinski definition) is 2. The lowest BCUT2D eigenvalue weighted by atomic mass is 10.1. The predicted octanol–water partition coefficient (Wildman–Crippen LogP) is 5.91. The number of carbonyl (C=O) groups is 1. The smallest absolute Gasteiger partial charge is 0.229 e. The Labute approximate surface area is 203 Å². The number of aromatic nitrogens is 2. The first-order chi connectivity index (χ1) is 16.5. The molecule has 3 aromatic rings.